The minimum atomic E-state index is -0.119. The second-order valence-corrected chi connectivity index (χ2v) is 5.86. The minimum absolute atomic E-state index is 0.119. The quantitative estimate of drug-likeness (QED) is 0.741. The Labute approximate surface area is 102 Å². The first-order chi connectivity index (χ1) is 7.79. The Morgan fingerprint density at radius 1 is 1.31 bits per heavy atom. The van der Waals surface area contributed by atoms with Gasteiger partial charge < -0.3 is 0 Å². The van der Waals surface area contributed by atoms with Crippen molar-refractivity contribution in [3.8, 4) is 6.07 Å². The molecular weight excluding hydrogens is 214 g/mol. The van der Waals surface area contributed by atoms with Crippen LogP contribution in [-0.2, 0) is 12.8 Å². The van der Waals surface area contributed by atoms with Crippen molar-refractivity contribution >= 4 is 11.8 Å². The molecule has 0 aromatic heterocycles. The summed E-state index contributed by atoms with van der Waals surface area (Å²) in [5.74, 6) is 2.26. The lowest BCUT2D eigenvalue weighted by atomic mass is 9.84. The van der Waals surface area contributed by atoms with Crippen molar-refractivity contribution in [2.45, 2.75) is 26.2 Å². The van der Waals surface area contributed by atoms with E-state index in [0.717, 1.165) is 30.8 Å². The molecule has 2 heteroatoms. The summed E-state index contributed by atoms with van der Waals surface area (Å²) in [6.45, 7) is 2.17. The van der Waals surface area contributed by atoms with Crippen LogP contribution in [0.4, 0.5) is 0 Å². The predicted octanol–water partition coefficient (Wildman–Crippen LogP) is 3.44. The first-order valence-electron chi connectivity index (χ1n) is 5.85. The third kappa shape index (κ3) is 2.25. The normalized spacial score (nSPS) is 16.8. The predicted molar refractivity (Wildman–Crippen MR) is 69.5 cm³/mol. The van der Waals surface area contributed by atoms with Gasteiger partial charge in [0, 0.05) is 0 Å². The van der Waals surface area contributed by atoms with Crippen LogP contribution in [0.5, 0.6) is 0 Å². The van der Waals surface area contributed by atoms with Gasteiger partial charge in [0.15, 0.2) is 0 Å². The largest absolute Gasteiger partial charge is 0.198 e. The maximum absolute atomic E-state index is 9.43. The van der Waals surface area contributed by atoms with E-state index in [2.05, 4.69) is 37.3 Å². The molecule has 0 saturated heterocycles. The monoisotopic (exact) mass is 231 g/mol. The molecule has 0 aliphatic heterocycles. The number of hydrogen-bond acceptors (Lipinski definition) is 2. The maximum Gasteiger partial charge on any atom is 0.0697 e. The standard InChI is InChI=1S/C14H17NS/c1-2-16-8-7-14(11-15)9-12-5-3-4-6-13(12)10-14/h3-6H,2,7-10H2,1H3. The Hall–Kier alpha value is -0.940. The van der Waals surface area contributed by atoms with Crippen LogP contribution in [0.25, 0.3) is 0 Å². The number of fused-ring (bicyclic) bond motifs is 1. The van der Waals surface area contributed by atoms with Crippen LogP contribution in [-0.4, -0.2) is 11.5 Å². The second kappa shape index (κ2) is 4.93. The Morgan fingerprint density at radius 3 is 2.44 bits per heavy atom. The fourth-order valence-corrected chi connectivity index (χ4v) is 3.24. The molecule has 0 heterocycles. The van der Waals surface area contributed by atoms with E-state index in [0.29, 0.717) is 0 Å². The lowest BCUT2D eigenvalue weighted by Gasteiger charge is -2.19. The first-order valence-corrected chi connectivity index (χ1v) is 7.01. The summed E-state index contributed by atoms with van der Waals surface area (Å²) in [4.78, 5) is 0. The van der Waals surface area contributed by atoms with Crippen molar-refractivity contribution in [1.82, 2.24) is 0 Å². The van der Waals surface area contributed by atoms with Crippen LogP contribution in [0.1, 0.15) is 24.5 Å². The Bertz CT molecular complexity index is 380. The summed E-state index contributed by atoms with van der Waals surface area (Å²) >= 11 is 1.94. The van der Waals surface area contributed by atoms with Crippen molar-refractivity contribution in [2.75, 3.05) is 11.5 Å². The van der Waals surface area contributed by atoms with Gasteiger partial charge in [-0.25, -0.2) is 0 Å². The molecule has 16 heavy (non-hydrogen) atoms. The Kier molecular flexibility index (Phi) is 3.56. The number of hydrogen-bond donors (Lipinski definition) is 0. The van der Waals surface area contributed by atoms with E-state index in [4.69, 9.17) is 0 Å². The highest BCUT2D eigenvalue weighted by atomic mass is 32.2. The highest BCUT2D eigenvalue weighted by molar-refractivity contribution is 7.99. The van der Waals surface area contributed by atoms with E-state index in [1.165, 1.54) is 11.1 Å². The summed E-state index contributed by atoms with van der Waals surface area (Å²) in [6.07, 6.45) is 2.92. The fraction of sp³-hybridized carbons (Fsp3) is 0.500. The van der Waals surface area contributed by atoms with E-state index in [9.17, 15) is 5.26 Å². The Morgan fingerprint density at radius 2 is 1.94 bits per heavy atom. The molecule has 0 unspecified atom stereocenters. The zero-order valence-electron chi connectivity index (χ0n) is 9.70. The van der Waals surface area contributed by atoms with E-state index < -0.39 is 0 Å². The van der Waals surface area contributed by atoms with Gasteiger partial charge in [-0.1, -0.05) is 31.2 Å². The molecule has 1 aliphatic rings. The van der Waals surface area contributed by atoms with Gasteiger partial charge in [0.2, 0.25) is 0 Å². The van der Waals surface area contributed by atoms with Crippen molar-refractivity contribution in [3.63, 3.8) is 0 Å². The van der Waals surface area contributed by atoms with Crippen molar-refractivity contribution < 1.29 is 0 Å². The zero-order valence-corrected chi connectivity index (χ0v) is 10.5. The van der Waals surface area contributed by atoms with Gasteiger partial charge >= 0.3 is 0 Å². The van der Waals surface area contributed by atoms with E-state index in [1.807, 2.05) is 11.8 Å². The molecule has 0 fully saturated rings. The molecule has 0 saturated carbocycles. The third-order valence-corrected chi connectivity index (χ3v) is 4.24. The van der Waals surface area contributed by atoms with Crippen LogP contribution < -0.4 is 0 Å². The average Bonchev–Trinajstić information content (AvgIpc) is 2.68. The van der Waals surface area contributed by atoms with Gasteiger partial charge in [-0.2, -0.15) is 17.0 Å². The summed E-state index contributed by atoms with van der Waals surface area (Å²) in [7, 11) is 0. The number of thioether (sulfide) groups is 1. The van der Waals surface area contributed by atoms with Gasteiger partial charge in [-0.15, -0.1) is 0 Å². The van der Waals surface area contributed by atoms with Crippen LogP contribution in [0.15, 0.2) is 24.3 Å². The summed E-state index contributed by atoms with van der Waals surface area (Å²) in [5.41, 5.74) is 2.64. The number of nitrogens with zero attached hydrogens (tertiary/aromatic N) is 1. The smallest absolute Gasteiger partial charge is 0.0697 e. The first kappa shape index (κ1) is 11.5. The molecule has 1 aliphatic carbocycles. The SMILES string of the molecule is CCSCCC1(C#N)Cc2ccccc2C1. The average molecular weight is 231 g/mol. The van der Waals surface area contributed by atoms with Gasteiger partial charge in [-0.3, -0.25) is 0 Å². The molecule has 0 spiro atoms. The fourth-order valence-electron chi connectivity index (χ4n) is 2.42. The highest BCUT2D eigenvalue weighted by Gasteiger charge is 2.36. The number of benzene rings is 1. The van der Waals surface area contributed by atoms with Crippen molar-refractivity contribution in [3.05, 3.63) is 35.4 Å². The minimum Gasteiger partial charge on any atom is -0.198 e. The van der Waals surface area contributed by atoms with Crippen LogP contribution in [0, 0.1) is 16.7 Å². The number of rotatable bonds is 4. The topological polar surface area (TPSA) is 23.8 Å². The van der Waals surface area contributed by atoms with Crippen molar-refractivity contribution in [2.24, 2.45) is 5.41 Å². The van der Waals surface area contributed by atoms with E-state index >= 15 is 0 Å². The molecule has 0 bridgehead atoms. The molecule has 0 atom stereocenters. The molecular formula is C14H17NS. The molecule has 1 nitrogen and oxygen atoms in total. The Balaban J connectivity index is 2.08. The molecule has 84 valence electrons. The highest BCUT2D eigenvalue weighted by Crippen LogP contribution is 2.39. The lowest BCUT2D eigenvalue weighted by Crippen LogP contribution is -2.19. The molecule has 0 radical (unpaired) electrons. The van der Waals surface area contributed by atoms with E-state index in [-0.39, 0.29) is 5.41 Å². The van der Waals surface area contributed by atoms with E-state index in [1.54, 1.807) is 0 Å². The van der Waals surface area contributed by atoms with Crippen molar-refractivity contribution in [1.29, 1.82) is 5.26 Å². The van der Waals surface area contributed by atoms with Gasteiger partial charge in [0.25, 0.3) is 0 Å². The van der Waals surface area contributed by atoms with Gasteiger partial charge in [0.1, 0.15) is 0 Å². The summed E-state index contributed by atoms with van der Waals surface area (Å²) < 4.78 is 0. The summed E-state index contributed by atoms with van der Waals surface area (Å²) in [5, 5.41) is 9.43. The maximum atomic E-state index is 9.43. The van der Waals surface area contributed by atoms with Crippen LogP contribution in [0.3, 0.4) is 0 Å². The zero-order chi connectivity index (χ0) is 11.4. The van der Waals surface area contributed by atoms with Crippen LogP contribution in [0.2, 0.25) is 0 Å². The molecule has 1 aromatic carbocycles. The molecule has 0 amide bonds. The molecule has 2 rings (SSSR count). The van der Waals surface area contributed by atoms with Gasteiger partial charge in [-0.05, 0) is 41.9 Å². The van der Waals surface area contributed by atoms with Gasteiger partial charge in [0.05, 0.1) is 11.5 Å². The third-order valence-electron chi connectivity index (χ3n) is 3.34. The second-order valence-electron chi connectivity index (χ2n) is 4.46. The van der Waals surface area contributed by atoms with Crippen LogP contribution >= 0.6 is 11.8 Å². The molecule has 1 aromatic rings. The molecule has 0 N–H and O–H groups in total. The number of nitriles is 1. The lowest BCUT2D eigenvalue weighted by molar-refractivity contribution is 0.409. The summed E-state index contributed by atoms with van der Waals surface area (Å²) in [6, 6.07) is 11.1.